The standard InChI is InChI=1S/C12H11Si.C9H7.C4H9NO.2ClH.Ti/c1-3-7-11(8-4-1)13-12-9-5-2-6-10-12;1-2-5-9-7-3-6-8(9)4-1;1-2-3-4(5)6;;;/h1-10,13H;1-7H;2-3H2,1H3,(H2,5,6);2*1H;/q;;;;;+3/p-3. The Kier molecular flexibility index (Phi) is 10.3. The number of rotatable bonds is 7. The van der Waals surface area contributed by atoms with Crippen LogP contribution >= 0.6 is 0 Å². The molecular formula is C25H26Cl2NOSiTi. The molecule has 2 nitrogen and oxygen atoms in total. The summed E-state index contributed by atoms with van der Waals surface area (Å²) in [6.45, 7) is 0.502. The van der Waals surface area contributed by atoms with E-state index in [4.69, 9.17) is 0 Å². The Balaban J connectivity index is 0.00000171. The van der Waals surface area contributed by atoms with E-state index in [-0.39, 0.29) is 30.7 Å². The Labute approximate surface area is 204 Å². The van der Waals surface area contributed by atoms with Crippen molar-refractivity contribution in [1.82, 2.24) is 3.80 Å². The van der Waals surface area contributed by atoms with Crippen molar-refractivity contribution in [3.05, 3.63) is 102 Å². The number of nitrogens with one attached hydrogen (secondary N) is 1. The Morgan fingerprint density at radius 3 is 2.00 bits per heavy atom. The number of carbonyl (C=O) groups excluding carboxylic acids is 1. The van der Waals surface area contributed by atoms with Gasteiger partial charge in [-0.2, -0.15) is 0 Å². The van der Waals surface area contributed by atoms with E-state index >= 15 is 0 Å². The third-order valence-corrected chi connectivity index (χ3v) is 19.0. The van der Waals surface area contributed by atoms with Crippen LogP contribution in [0.25, 0.3) is 6.08 Å². The molecule has 6 heteroatoms. The Morgan fingerprint density at radius 1 is 0.871 bits per heavy atom. The van der Waals surface area contributed by atoms with Gasteiger partial charge in [-0.3, -0.25) is 0 Å². The topological polar surface area (TPSA) is 29.1 Å². The molecule has 4 rings (SSSR count). The van der Waals surface area contributed by atoms with Crippen molar-refractivity contribution >= 4 is 29.0 Å². The summed E-state index contributed by atoms with van der Waals surface area (Å²) >= 11 is -2.09. The second-order valence-corrected chi connectivity index (χ2v) is 17.7. The van der Waals surface area contributed by atoms with Gasteiger partial charge >= 0.3 is 181 Å². The van der Waals surface area contributed by atoms with Crippen molar-refractivity contribution in [2.45, 2.75) is 24.0 Å². The summed E-state index contributed by atoms with van der Waals surface area (Å²) in [6, 6.07) is 30.5. The first-order valence-electron chi connectivity index (χ1n) is 10.3. The fraction of sp³-hybridized carbons (Fsp3) is 0.160. The summed E-state index contributed by atoms with van der Waals surface area (Å²) < 4.78 is 4.00. The number of amides is 1. The SMILES string of the molecule is CCCC(=O)[NH][Ti+2]([CH]1C=Cc2ccccc21)[SiH](c1ccccc1)c1ccccc1.[Cl-].[Cl-]. The molecule has 0 radical (unpaired) electrons. The first-order valence-corrected chi connectivity index (χ1v) is 16.4. The predicted molar refractivity (Wildman–Crippen MR) is 121 cm³/mol. The molecule has 0 bridgehead atoms. The van der Waals surface area contributed by atoms with Gasteiger partial charge in [0.2, 0.25) is 0 Å². The van der Waals surface area contributed by atoms with Crippen molar-refractivity contribution in [3.8, 4) is 0 Å². The average Bonchev–Trinajstić information content (AvgIpc) is 3.19. The van der Waals surface area contributed by atoms with Crippen molar-refractivity contribution in [1.29, 1.82) is 0 Å². The first-order chi connectivity index (χ1) is 14.3. The summed E-state index contributed by atoms with van der Waals surface area (Å²) in [5.74, 6) is 0.227. The summed E-state index contributed by atoms with van der Waals surface area (Å²) in [5.41, 5.74) is 2.70. The van der Waals surface area contributed by atoms with Crippen LogP contribution in [0.1, 0.15) is 35.1 Å². The van der Waals surface area contributed by atoms with Gasteiger partial charge < -0.3 is 24.8 Å². The average molecular weight is 503 g/mol. The molecule has 31 heavy (non-hydrogen) atoms. The minimum absolute atomic E-state index is 0. The molecule has 1 aliphatic rings. The molecule has 0 aromatic heterocycles. The van der Waals surface area contributed by atoms with E-state index in [1.54, 1.807) is 0 Å². The minimum atomic E-state index is -2.09. The smallest absolute Gasteiger partial charge is 1.00 e. The van der Waals surface area contributed by atoms with Crippen molar-refractivity contribution < 1.29 is 47.0 Å². The van der Waals surface area contributed by atoms with Gasteiger partial charge in [-0.15, -0.1) is 0 Å². The van der Waals surface area contributed by atoms with Crippen LogP contribution in [0, 0.1) is 0 Å². The largest absolute Gasteiger partial charge is 1.00 e. The number of carbonyl (C=O) groups is 1. The van der Waals surface area contributed by atoms with E-state index in [9.17, 15) is 4.79 Å². The molecule has 1 unspecified atom stereocenters. The van der Waals surface area contributed by atoms with E-state index in [0.29, 0.717) is 10.6 Å². The molecule has 3 aromatic rings. The Hall–Kier alpha value is -1.62. The van der Waals surface area contributed by atoms with Gasteiger partial charge in [0.25, 0.3) is 0 Å². The molecule has 0 fully saturated rings. The van der Waals surface area contributed by atoms with Crippen molar-refractivity contribution in [2.75, 3.05) is 0 Å². The van der Waals surface area contributed by atoms with Crippen LogP contribution in [-0.2, 0) is 22.2 Å². The molecule has 0 heterocycles. The molecule has 0 spiro atoms. The van der Waals surface area contributed by atoms with Gasteiger partial charge in [-0.05, 0) is 0 Å². The summed E-state index contributed by atoms with van der Waals surface area (Å²) in [6.07, 6.45) is 6.11. The number of fused-ring (bicyclic) bond motifs is 1. The maximum atomic E-state index is 12.8. The normalized spacial score (nSPS) is 13.7. The van der Waals surface area contributed by atoms with Crippen molar-refractivity contribution in [3.63, 3.8) is 0 Å². The van der Waals surface area contributed by atoms with Crippen LogP contribution < -0.4 is 39.0 Å². The molecular weight excluding hydrogens is 477 g/mol. The maximum Gasteiger partial charge on any atom is -1.00 e. The van der Waals surface area contributed by atoms with Crippen LogP contribution in [0.3, 0.4) is 0 Å². The molecule has 1 N–H and O–H groups in total. The van der Waals surface area contributed by atoms with Gasteiger partial charge in [-0.1, -0.05) is 0 Å². The second-order valence-electron chi connectivity index (χ2n) is 7.47. The van der Waals surface area contributed by atoms with Gasteiger partial charge in [-0.25, -0.2) is 0 Å². The van der Waals surface area contributed by atoms with Gasteiger partial charge in [0.1, 0.15) is 0 Å². The number of hydrogen-bond donors (Lipinski definition) is 1. The zero-order valence-electron chi connectivity index (χ0n) is 17.5. The number of allylic oxidation sites excluding steroid dienone is 1. The van der Waals surface area contributed by atoms with Gasteiger partial charge in [0.15, 0.2) is 0 Å². The molecule has 1 atom stereocenters. The van der Waals surface area contributed by atoms with Crippen LogP contribution in [0.5, 0.6) is 0 Å². The number of benzene rings is 3. The van der Waals surface area contributed by atoms with Crippen LogP contribution in [0.4, 0.5) is 0 Å². The summed E-state index contributed by atoms with van der Waals surface area (Å²) in [7, 11) is 0. The molecule has 0 saturated carbocycles. The van der Waals surface area contributed by atoms with Crippen molar-refractivity contribution in [2.24, 2.45) is 0 Å². The van der Waals surface area contributed by atoms with Crippen LogP contribution in [0.2, 0.25) is 0 Å². The molecule has 0 saturated heterocycles. The predicted octanol–water partition coefficient (Wildman–Crippen LogP) is -2.25. The quantitative estimate of drug-likeness (QED) is 0.363. The summed E-state index contributed by atoms with van der Waals surface area (Å²) in [5, 5.41) is 2.87. The van der Waals surface area contributed by atoms with Crippen LogP contribution in [-0.4, -0.2) is 12.6 Å². The molecule has 3 aromatic carbocycles. The van der Waals surface area contributed by atoms with E-state index < -0.39 is 24.0 Å². The van der Waals surface area contributed by atoms with E-state index in [0.717, 1.165) is 6.42 Å². The number of halogens is 2. The third kappa shape index (κ3) is 6.00. The van der Waals surface area contributed by atoms with E-state index in [2.05, 4.69) is 108 Å². The molecule has 159 valence electrons. The maximum absolute atomic E-state index is 12.8. The van der Waals surface area contributed by atoms with Gasteiger partial charge in [0.05, 0.1) is 0 Å². The zero-order valence-corrected chi connectivity index (χ0v) is 21.7. The third-order valence-electron chi connectivity index (χ3n) is 5.47. The molecule has 1 amide bonds. The zero-order chi connectivity index (χ0) is 20.1. The Bertz CT molecular complexity index is 961. The minimum Gasteiger partial charge on any atom is -1.00 e. The van der Waals surface area contributed by atoms with Crippen LogP contribution in [0.15, 0.2) is 91.0 Å². The fourth-order valence-corrected chi connectivity index (χ4v) is 18.7. The van der Waals surface area contributed by atoms with Gasteiger partial charge in [0, 0.05) is 0 Å². The number of hydrogen-bond acceptors (Lipinski definition) is 1. The summed E-state index contributed by atoms with van der Waals surface area (Å²) in [4.78, 5) is 12.8. The Morgan fingerprint density at radius 2 is 1.42 bits per heavy atom. The monoisotopic (exact) mass is 502 g/mol. The molecule has 0 aliphatic heterocycles. The van der Waals surface area contributed by atoms with E-state index in [1.807, 2.05) is 0 Å². The second kappa shape index (κ2) is 12.4. The fourth-order valence-electron chi connectivity index (χ4n) is 4.14. The molecule has 1 aliphatic carbocycles. The first kappa shape index (κ1) is 25.6. The van der Waals surface area contributed by atoms with E-state index in [1.165, 1.54) is 21.5 Å².